The second kappa shape index (κ2) is 19.2. The number of aliphatic imine (C=N–C) groups is 1. The number of aromatic nitrogens is 6. The van der Waals surface area contributed by atoms with E-state index in [9.17, 15) is 24.6 Å². The van der Waals surface area contributed by atoms with Gasteiger partial charge in [0.05, 0.1) is 23.4 Å². The van der Waals surface area contributed by atoms with E-state index in [2.05, 4.69) is 44.5 Å². The number of aromatic amines is 1. The molecular formula is C48H54Cl2N10O5S. The number of carbonyl (C=O) groups is 2. The quantitative estimate of drug-likeness (QED) is 0.102. The molecule has 2 fully saturated rings. The number of fused-ring (bicyclic) bond motifs is 3. The molecule has 15 nitrogen and oxygen atoms in total. The van der Waals surface area contributed by atoms with Crippen LogP contribution in [0.2, 0.25) is 5.02 Å². The first-order chi connectivity index (χ1) is 31.2. The lowest BCUT2D eigenvalue weighted by molar-refractivity contribution is -0.136. The van der Waals surface area contributed by atoms with Gasteiger partial charge in [-0.05, 0) is 112 Å². The first-order valence-electron chi connectivity index (χ1n) is 22.2. The summed E-state index contributed by atoms with van der Waals surface area (Å²) in [5, 5.41) is 41.5. The van der Waals surface area contributed by atoms with E-state index in [0.717, 1.165) is 71.1 Å². The Morgan fingerprint density at radius 2 is 1.67 bits per heavy atom. The first kappa shape index (κ1) is 46.7. The zero-order valence-corrected chi connectivity index (χ0v) is 39.9. The van der Waals surface area contributed by atoms with Crippen molar-refractivity contribution in [3.63, 3.8) is 0 Å². The predicted octanol–water partition coefficient (Wildman–Crippen LogP) is 7.56. The molecule has 2 atom stereocenters. The van der Waals surface area contributed by atoms with Crippen LogP contribution in [0.5, 0.6) is 11.5 Å². The van der Waals surface area contributed by atoms with E-state index in [1.54, 1.807) is 17.4 Å². The molecule has 0 radical (unpaired) electrons. The molecule has 3 aliphatic heterocycles. The summed E-state index contributed by atoms with van der Waals surface area (Å²) in [5.41, 5.74) is 6.08. The number of carbonyl (C=O) groups excluding carboxylic acids is 2. The van der Waals surface area contributed by atoms with Crippen molar-refractivity contribution in [2.75, 3.05) is 32.7 Å². The Bertz CT molecular complexity index is 2860. The average Bonchev–Trinajstić information content (AvgIpc) is 4.06. The van der Waals surface area contributed by atoms with Crippen LogP contribution in [0.3, 0.4) is 0 Å². The number of aromatic hydroxyl groups is 2. The van der Waals surface area contributed by atoms with Gasteiger partial charge in [-0.3, -0.25) is 24.0 Å². The van der Waals surface area contributed by atoms with E-state index in [0.29, 0.717) is 53.8 Å². The number of piperidine rings is 1. The van der Waals surface area contributed by atoms with Crippen molar-refractivity contribution in [2.24, 2.45) is 16.8 Å². The van der Waals surface area contributed by atoms with E-state index >= 15 is 0 Å². The van der Waals surface area contributed by atoms with Gasteiger partial charge in [0.2, 0.25) is 11.8 Å². The van der Waals surface area contributed by atoms with Crippen molar-refractivity contribution in [1.29, 1.82) is 0 Å². The summed E-state index contributed by atoms with van der Waals surface area (Å²) in [5.74, 6) is 1.62. The van der Waals surface area contributed by atoms with Crippen molar-refractivity contribution in [3.8, 4) is 33.6 Å². The molecule has 3 aromatic heterocycles. The van der Waals surface area contributed by atoms with Crippen LogP contribution >= 0.6 is 35.3 Å². The highest BCUT2D eigenvalue weighted by molar-refractivity contribution is 7.15. The molecule has 3 aromatic carbocycles. The Morgan fingerprint density at radius 3 is 2.38 bits per heavy atom. The van der Waals surface area contributed by atoms with Gasteiger partial charge >= 0.3 is 5.69 Å². The van der Waals surface area contributed by atoms with Crippen LogP contribution in [0, 0.1) is 32.6 Å². The SMILES string of the molecule is Cc1sc2c(c1C)C(c1ccc(Cl)cc1)=N[C@@H](CC(=O)NCC1CCN(C(=O)C3CCN(Cc4ccc(-n5c(-c6cc(C(C)C)c(O)cc6O)n[nH]c5=O)cc4)CC3)C1)c1nnc(C)n1-2.Cl. The molecule has 0 saturated carbocycles. The second-order valence-electron chi connectivity index (χ2n) is 17.8. The van der Waals surface area contributed by atoms with Crippen molar-refractivity contribution < 1.29 is 19.8 Å². The van der Waals surface area contributed by atoms with Gasteiger partial charge in [0.15, 0.2) is 11.6 Å². The average molecular weight is 954 g/mol. The number of phenolic OH excluding ortho intramolecular Hbond substituents is 2. The largest absolute Gasteiger partial charge is 0.508 e. The first-order valence-corrected chi connectivity index (χ1v) is 23.4. The number of amides is 2. The molecule has 9 rings (SSSR count). The number of likely N-dealkylation sites (tertiary alicyclic amines) is 2. The summed E-state index contributed by atoms with van der Waals surface area (Å²) in [6, 6.07) is 17.7. The molecule has 66 heavy (non-hydrogen) atoms. The van der Waals surface area contributed by atoms with Crippen molar-refractivity contribution in [3.05, 3.63) is 121 Å². The van der Waals surface area contributed by atoms with Crippen LogP contribution in [-0.2, 0) is 16.1 Å². The molecular weight excluding hydrogens is 900 g/mol. The maximum Gasteiger partial charge on any atom is 0.348 e. The number of hydrogen-bond donors (Lipinski definition) is 4. The third-order valence-corrected chi connectivity index (χ3v) is 14.6. The zero-order chi connectivity index (χ0) is 45.7. The normalized spacial score (nSPS) is 17.6. The van der Waals surface area contributed by atoms with Gasteiger partial charge in [-0.1, -0.05) is 49.7 Å². The fraction of sp³-hybridized carbons (Fsp3) is 0.396. The minimum atomic E-state index is -0.554. The lowest BCUT2D eigenvalue weighted by atomic mass is 9.95. The molecule has 1 unspecified atom stereocenters. The number of nitrogens with zero attached hydrogens (tertiary/aromatic N) is 8. The Kier molecular flexibility index (Phi) is 13.6. The van der Waals surface area contributed by atoms with E-state index in [1.165, 1.54) is 15.5 Å². The summed E-state index contributed by atoms with van der Waals surface area (Å²) >= 11 is 7.94. The molecule has 6 heterocycles. The molecule has 0 spiro atoms. The molecule has 2 amide bonds. The highest BCUT2D eigenvalue weighted by atomic mass is 35.5. The number of thiophene rings is 1. The van der Waals surface area contributed by atoms with Crippen LogP contribution in [0.25, 0.3) is 22.1 Å². The van der Waals surface area contributed by atoms with E-state index in [4.69, 9.17) is 16.6 Å². The van der Waals surface area contributed by atoms with Crippen LogP contribution in [0.4, 0.5) is 0 Å². The third-order valence-electron chi connectivity index (χ3n) is 13.1. The standard InChI is InChI=1S/C48H53ClN10O5S.ClH/c1-26(2)36-20-37(40(61)22-39(36)60)44-53-55-48(64)59(44)35-12-6-30(7-13-35)24-56-17-15-33(16-18-56)46(63)57-19-14-31(25-57)23-50-41(62)21-38-45-54-52-29(5)58(45)47-42(27(3)28(4)65-47)43(51-38)32-8-10-34(49)11-9-32;/h6-13,20,22,26,31,33,38,60-61H,14-19,21,23-25H2,1-5H3,(H,50,62)(H,55,64);1H/t31?,38-;/m0./s1. The Labute approximate surface area is 398 Å². The van der Waals surface area contributed by atoms with Gasteiger partial charge in [-0.25, -0.2) is 14.5 Å². The number of hydrogen-bond acceptors (Lipinski definition) is 11. The number of H-pyrrole nitrogens is 1. The third kappa shape index (κ3) is 9.15. The number of aryl methyl sites for hydroxylation is 2. The number of nitrogens with one attached hydrogen (secondary N) is 2. The van der Waals surface area contributed by atoms with Crippen LogP contribution in [-0.4, -0.2) is 99.8 Å². The van der Waals surface area contributed by atoms with Gasteiger partial charge in [0.1, 0.15) is 28.4 Å². The summed E-state index contributed by atoms with van der Waals surface area (Å²) in [4.78, 5) is 51.1. The molecule has 0 bridgehead atoms. The van der Waals surface area contributed by atoms with E-state index in [-0.39, 0.29) is 65.7 Å². The second-order valence-corrected chi connectivity index (χ2v) is 19.5. The fourth-order valence-electron chi connectivity index (χ4n) is 9.40. The maximum absolute atomic E-state index is 13.8. The monoisotopic (exact) mass is 952 g/mol. The lowest BCUT2D eigenvalue weighted by Gasteiger charge is -2.33. The molecule has 2 saturated heterocycles. The molecule has 6 aromatic rings. The molecule has 18 heteroatoms. The predicted molar refractivity (Wildman–Crippen MR) is 258 cm³/mol. The van der Waals surface area contributed by atoms with Gasteiger partial charge < -0.3 is 20.4 Å². The van der Waals surface area contributed by atoms with E-state index < -0.39 is 11.7 Å². The van der Waals surface area contributed by atoms with Gasteiger partial charge in [-0.15, -0.1) is 33.9 Å². The minimum Gasteiger partial charge on any atom is -0.508 e. The minimum absolute atomic E-state index is 0. The van der Waals surface area contributed by atoms with Crippen LogP contribution < -0.4 is 11.0 Å². The number of phenols is 2. The number of benzene rings is 3. The summed E-state index contributed by atoms with van der Waals surface area (Å²) in [7, 11) is 0. The topological polar surface area (TPSA) is 187 Å². The Balaban J connectivity index is 0.00000592. The fourth-order valence-corrected chi connectivity index (χ4v) is 10.7. The van der Waals surface area contributed by atoms with Gasteiger partial charge in [-0.2, -0.15) is 5.10 Å². The molecule has 4 N–H and O–H groups in total. The van der Waals surface area contributed by atoms with Crippen LogP contribution in [0.1, 0.15) is 95.8 Å². The lowest BCUT2D eigenvalue weighted by Crippen LogP contribution is -2.42. The molecule has 3 aliphatic rings. The van der Waals surface area contributed by atoms with Crippen LogP contribution in [0.15, 0.2) is 70.5 Å². The smallest absolute Gasteiger partial charge is 0.348 e. The van der Waals surface area contributed by atoms with Crippen molar-refractivity contribution in [2.45, 2.75) is 78.8 Å². The van der Waals surface area contributed by atoms with Gasteiger partial charge in [0.25, 0.3) is 0 Å². The summed E-state index contributed by atoms with van der Waals surface area (Å²) < 4.78 is 3.46. The highest BCUT2D eigenvalue weighted by Gasteiger charge is 2.35. The van der Waals surface area contributed by atoms with Gasteiger partial charge in [0, 0.05) is 59.2 Å². The Morgan fingerprint density at radius 1 is 0.939 bits per heavy atom. The Hall–Kier alpha value is -5.81. The summed E-state index contributed by atoms with van der Waals surface area (Å²) in [6.07, 6.45) is 2.48. The van der Waals surface area contributed by atoms with Crippen molar-refractivity contribution in [1.82, 2.24) is 44.6 Å². The zero-order valence-electron chi connectivity index (χ0n) is 37.5. The number of rotatable bonds is 11. The number of halogens is 2. The maximum atomic E-state index is 13.8. The van der Waals surface area contributed by atoms with E-state index in [1.807, 2.05) is 78.8 Å². The van der Waals surface area contributed by atoms with Crippen molar-refractivity contribution >= 4 is 52.9 Å². The molecule has 0 aliphatic carbocycles. The highest BCUT2D eigenvalue weighted by Crippen LogP contribution is 2.40. The summed E-state index contributed by atoms with van der Waals surface area (Å²) in [6.45, 7) is 14.1. The molecule has 346 valence electrons.